The maximum Gasteiger partial charge on any atom is 0.360 e. The van der Waals surface area contributed by atoms with E-state index in [1.54, 1.807) is 11.8 Å². The lowest BCUT2D eigenvalue weighted by molar-refractivity contribution is 0.0585. The van der Waals surface area contributed by atoms with Gasteiger partial charge in [0.2, 0.25) is 0 Å². The molecule has 2 atom stereocenters. The van der Waals surface area contributed by atoms with Crippen LogP contribution in [0, 0.1) is 0 Å². The molecule has 0 aromatic carbocycles. The summed E-state index contributed by atoms with van der Waals surface area (Å²) in [4.78, 5) is 11.7. The minimum atomic E-state index is -0.536. The van der Waals surface area contributed by atoms with Crippen molar-refractivity contribution in [3.63, 3.8) is 0 Å². The van der Waals surface area contributed by atoms with Crippen molar-refractivity contribution in [1.29, 1.82) is 0 Å². The molecule has 1 saturated carbocycles. The molecule has 0 aliphatic heterocycles. The smallest absolute Gasteiger partial charge is 0.360 e. The third kappa shape index (κ3) is 2.99. The Morgan fingerprint density at radius 1 is 1.35 bits per heavy atom. The van der Waals surface area contributed by atoms with Gasteiger partial charge in [0.1, 0.15) is 0 Å². The van der Waals surface area contributed by atoms with E-state index in [1.165, 1.54) is 7.11 Å². The van der Waals surface area contributed by atoms with Gasteiger partial charge in [-0.15, -0.1) is 5.10 Å². The van der Waals surface area contributed by atoms with Crippen LogP contribution in [0.4, 0.5) is 0 Å². The van der Waals surface area contributed by atoms with Crippen molar-refractivity contribution in [2.45, 2.75) is 50.9 Å². The highest BCUT2D eigenvalue weighted by Gasteiger charge is 2.29. The van der Waals surface area contributed by atoms with Crippen molar-refractivity contribution < 1.29 is 19.4 Å². The van der Waals surface area contributed by atoms with Gasteiger partial charge in [-0.1, -0.05) is 24.5 Å². The van der Waals surface area contributed by atoms with E-state index >= 15 is 0 Å². The number of nitrogens with zero attached hydrogens (tertiary/aromatic N) is 3. The maximum atomic E-state index is 11.7. The van der Waals surface area contributed by atoms with Gasteiger partial charge in [-0.3, -0.25) is 0 Å². The van der Waals surface area contributed by atoms with Crippen LogP contribution in [0.25, 0.3) is 0 Å². The average Bonchev–Trinajstić information content (AvgIpc) is 2.73. The van der Waals surface area contributed by atoms with Crippen LogP contribution in [-0.4, -0.2) is 46.4 Å². The first-order valence-corrected chi connectivity index (χ1v) is 6.88. The third-order valence-corrected chi connectivity index (χ3v) is 3.71. The first-order valence-electron chi connectivity index (χ1n) is 6.88. The Kier molecular flexibility index (Phi) is 5.08. The van der Waals surface area contributed by atoms with Crippen molar-refractivity contribution in [3.05, 3.63) is 11.4 Å². The summed E-state index contributed by atoms with van der Waals surface area (Å²) in [6, 6.07) is -0.159. The second kappa shape index (κ2) is 6.81. The van der Waals surface area contributed by atoms with Crippen LogP contribution in [0.5, 0.6) is 0 Å². The minimum Gasteiger partial charge on any atom is -0.464 e. The molecular weight excluding hydrogens is 262 g/mol. The van der Waals surface area contributed by atoms with Gasteiger partial charge in [-0.25, -0.2) is 9.48 Å². The number of hydrogen-bond donors (Lipinski definition) is 1. The van der Waals surface area contributed by atoms with E-state index in [9.17, 15) is 9.90 Å². The van der Waals surface area contributed by atoms with Gasteiger partial charge in [-0.05, 0) is 12.8 Å². The van der Waals surface area contributed by atoms with E-state index in [-0.39, 0.29) is 18.3 Å². The van der Waals surface area contributed by atoms with Crippen LogP contribution in [-0.2, 0) is 16.1 Å². The summed E-state index contributed by atoms with van der Waals surface area (Å²) in [5, 5.41) is 18.2. The van der Waals surface area contributed by atoms with E-state index in [4.69, 9.17) is 9.47 Å². The molecule has 1 heterocycles. The molecule has 20 heavy (non-hydrogen) atoms. The van der Waals surface area contributed by atoms with E-state index in [0.717, 1.165) is 32.1 Å². The van der Waals surface area contributed by atoms with E-state index in [1.807, 2.05) is 0 Å². The van der Waals surface area contributed by atoms with E-state index in [2.05, 4.69) is 10.3 Å². The Hall–Kier alpha value is -1.47. The van der Waals surface area contributed by atoms with Crippen molar-refractivity contribution in [2.75, 3.05) is 14.2 Å². The fraction of sp³-hybridized carbons (Fsp3) is 0.769. The first-order chi connectivity index (χ1) is 9.69. The number of aromatic nitrogens is 3. The molecule has 0 radical (unpaired) electrons. The predicted molar refractivity (Wildman–Crippen MR) is 70.2 cm³/mol. The third-order valence-electron chi connectivity index (χ3n) is 3.71. The fourth-order valence-corrected chi connectivity index (χ4v) is 2.66. The number of rotatable bonds is 4. The molecule has 2 rings (SSSR count). The lowest BCUT2D eigenvalue weighted by atomic mass is 10.1. The Bertz CT molecular complexity index is 460. The number of aliphatic hydroxyl groups excluding tert-OH is 1. The van der Waals surface area contributed by atoms with Gasteiger partial charge >= 0.3 is 5.97 Å². The van der Waals surface area contributed by atoms with Crippen LogP contribution in [0.15, 0.2) is 0 Å². The highest BCUT2D eigenvalue weighted by Crippen LogP contribution is 2.29. The number of methoxy groups -OCH3 is 2. The summed E-state index contributed by atoms with van der Waals surface area (Å²) in [5.74, 6) is -0.536. The molecule has 1 aromatic heterocycles. The number of carbonyl (C=O) groups is 1. The van der Waals surface area contributed by atoms with Crippen LogP contribution >= 0.6 is 0 Å². The largest absolute Gasteiger partial charge is 0.464 e. The molecule has 112 valence electrons. The minimum absolute atomic E-state index is 0.158. The number of esters is 1. The van der Waals surface area contributed by atoms with Crippen molar-refractivity contribution in [2.24, 2.45) is 0 Å². The number of aliphatic hydroxyl groups is 1. The zero-order chi connectivity index (χ0) is 14.5. The fourth-order valence-electron chi connectivity index (χ4n) is 2.66. The summed E-state index contributed by atoms with van der Waals surface area (Å²) >= 11 is 0. The normalized spacial score (nSPS) is 23.4. The summed E-state index contributed by atoms with van der Waals surface area (Å²) < 4.78 is 11.5. The Morgan fingerprint density at radius 3 is 2.80 bits per heavy atom. The molecule has 0 bridgehead atoms. The Labute approximate surface area is 117 Å². The second-order valence-electron chi connectivity index (χ2n) is 5.03. The molecule has 2 unspecified atom stereocenters. The standard InChI is InChI=1S/C13H21N3O4/c1-19-8-10-12(13(18)20-2)14-15-16(10)9-6-4-3-5-7-11(9)17/h9,11,17H,3-8H2,1-2H3. The Balaban J connectivity index is 2.34. The van der Waals surface area contributed by atoms with Gasteiger partial charge in [0.15, 0.2) is 5.69 Å². The molecule has 1 N–H and O–H groups in total. The number of ether oxygens (including phenoxy) is 2. The molecule has 0 spiro atoms. The quantitative estimate of drug-likeness (QED) is 0.657. The molecule has 0 amide bonds. The molecule has 1 fully saturated rings. The summed E-state index contributed by atoms with van der Waals surface area (Å²) in [5.41, 5.74) is 0.719. The van der Waals surface area contributed by atoms with Crippen LogP contribution < -0.4 is 0 Å². The topological polar surface area (TPSA) is 86.5 Å². The first kappa shape index (κ1) is 14.9. The van der Waals surface area contributed by atoms with Gasteiger partial charge in [0, 0.05) is 7.11 Å². The molecule has 1 aromatic rings. The highest BCUT2D eigenvalue weighted by atomic mass is 16.5. The molecule has 0 saturated heterocycles. The second-order valence-corrected chi connectivity index (χ2v) is 5.03. The average molecular weight is 283 g/mol. The zero-order valence-corrected chi connectivity index (χ0v) is 11.9. The monoisotopic (exact) mass is 283 g/mol. The van der Waals surface area contributed by atoms with Gasteiger partial charge in [0.25, 0.3) is 0 Å². The van der Waals surface area contributed by atoms with Crippen LogP contribution in [0.2, 0.25) is 0 Å². The van der Waals surface area contributed by atoms with Gasteiger partial charge < -0.3 is 14.6 Å². The molecular formula is C13H21N3O4. The number of carbonyl (C=O) groups excluding carboxylic acids is 1. The van der Waals surface area contributed by atoms with Crippen LogP contribution in [0.1, 0.15) is 54.3 Å². The summed E-state index contributed by atoms with van der Waals surface area (Å²) in [6.07, 6.45) is 4.23. The maximum absolute atomic E-state index is 11.7. The van der Waals surface area contributed by atoms with Gasteiger partial charge in [0.05, 0.1) is 31.6 Å². The van der Waals surface area contributed by atoms with E-state index < -0.39 is 12.1 Å². The molecule has 7 nitrogen and oxygen atoms in total. The van der Waals surface area contributed by atoms with Crippen LogP contribution in [0.3, 0.4) is 0 Å². The van der Waals surface area contributed by atoms with Gasteiger partial charge in [-0.2, -0.15) is 0 Å². The number of hydrogen-bond acceptors (Lipinski definition) is 6. The molecule has 1 aliphatic carbocycles. The summed E-state index contributed by atoms with van der Waals surface area (Å²) in [7, 11) is 2.85. The zero-order valence-electron chi connectivity index (χ0n) is 11.9. The van der Waals surface area contributed by atoms with Crippen molar-refractivity contribution in [3.8, 4) is 0 Å². The highest BCUT2D eigenvalue weighted by molar-refractivity contribution is 5.88. The Morgan fingerprint density at radius 2 is 2.10 bits per heavy atom. The van der Waals surface area contributed by atoms with E-state index in [0.29, 0.717) is 5.69 Å². The van der Waals surface area contributed by atoms with Crippen molar-refractivity contribution >= 4 is 5.97 Å². The SMILES string of the molecule is COCc1c(C(=O)OC)nnn1C1CCCCCC1O. The van der Waals surface area contributed by atoms with Crippen molar-refractivity contribution in [1.82, 2.24) is 15.0 Å². The molecule has 1 aliphatic rings. The molecule has 7 heteroatoms. The lowest BCUT2D eigenvalue weighted by Crippen LogP contribution is -2.26. The summed E-state index contributed by atoms with van der Waals surface area (Å²) in [6.45, 7) is 0.209. The predicted octanol–water partition coefficient (Wildman–Crippen LogP) is 1.08. The lowest BCUT2D eigenvalue weighted by Gasteiger charge is -2.22.